The Morgan fingerprint density at radius 2 is 2.21 bits per heavy atom. The van der Waals surface area contributed by atoms with Gasteiger partial charge in [0.2, 0.25) is 0 Å². The number of alkyl halides is 3. The Labute approximate surface area is 162 Å². The van der Waals surface area contributed by atoms with Crippen LogP contribution < -0.4 is 5.43 Å². The van der Waals surface area contributed by atoms with Gasteiger partial charge in [0, 0.05) is 12.1 Å². The number of carbonyl (C=O) groups excluding carboxylic acids is 1. The molecule has 2 aromatic rings. The molecule has 28 heavy (non-hydrogen) atoms. The number of aliphatic hydroxyl groups is 1. The maximum absolute atomic E-state index is 13.2. The van der Waals surface area contributed by atoms with E-state index in [1.54, 1.807) is 0 Å². The molecule has 0 aromatic carbocycles. The van der Waals surface area contributed by atoms with Gasteiger partial charge in [-0.15, -0.1) is 0 Å². The van der Waals surface area contributed by atoms with Crippen LogP contribution >= 0.6 is 15.9 Å². The van der Waals surface area contributed by atoms with E-state index in [4.69, 9.17) is 4.42 Å². The van der Waals surface area contributed by atoms with Crippen molar-refractivity contribution in [2.24, 2.45) is 0 Å². The summed E-state index contributed by atoms with van der Waals surface area (Å²) in [6, 6.07) is 2.41. The molecule has 1 atom stereocenters. The number of rotatable bonds is 4. The Balaban J connectivity index is 1.82. The fraction of sp³-hybridized carbons (Fsp3) is 0.286. The summed E-state index contributed by atoms with van der Waals surface area (Å²) in [4.78, 5) is 22.5. The predicted molar refractivity (Wildman–Crippen MR) is 88.5 cm³/mol. The number of halogens is 4. The summed E-state index contributed by atoms with van der Waals surface area (Å²) in [6.07, 6.45) is -4.76. The summed E-state index contributed by atoms with van der Waals surface area (Å²) in [7, 11) is 0. The second-order valence-corrected chi connectivity index (χ2v) is 6.72. The molecule has 3 rings (SSSR count). The van der Waals surface area contributed by atoms with Crippen molar-refractivity contribution in [3.8, 4) is 0 Å². The Morgan fingerprint density at radius 3 is 2.79 bits per heavy atom. The second kappa shape index (κ2) is 6.63. The van der Waals surface area contributed by atoms with Gasteiger partial charge in [0.15, 0.2) is 5.76 Å². The van der Waals surface area contributed by atoms with E-state index in [0.717, 1.165) is 10.7 Å². The molecule has 150 valence electrons. The van der Waals surface area contributed by atoms with Crippen LogP contribution in [-0.2, 0) is 6.54 Å². The van der Waals surface area contributed by atoms with Gasteiger partial charge >= 0.3 is 17.9 Å². The Morgan fingerprint density at radius 1 is 1.54 bits per heavy atom. The van der Waals surface area contributed by atoms with Crippen molar-refractivity contribution >= 4 is 27.7 Å². The molecule has 0 bridgehead atoms. The number of hydrogen-bond donors (Lipinski definition) is 2. The first-order chi connectivity index (χ1) is 12.9. The highest BCUT2D eigenvalue weighted by Crippen LogP contribution is 2.41. The molecule has 0 saturated carbocycles. The molecule has 1 saturated heterocycles. The number of nitrogens with one attached hydrogen (secondary N) is 1. The minimum atomic E-state index is -5.13. The van der Waals surface area contributed by atoms with E-state index in [2.05, 4.69) is 33.0 Å². The number of amides is 1. The third-order valence-electron chi connectivity index (χ3n) is 3.82. The van der Waals surface area contributed by atoms with Crippen molar-refractivity contribution in [2.75, 3.05) is 0 Å². The largest absolute Gasteiger partial charge is 0.454 e. The van der Waals surface area contributed by atoms with Crippen molar-refractivity contribution in [3.63, 3.8) is 0 Å². The summed E-state index contributed by atoms with van der Waals surface area (Å²) in [5.74, 6) is -2.09. The smallest absolute Gasteiger partial charge is 0.438 e. The number of carbonyl (C=O) groups is 1. The lowest BCUT2D eigenvalue weighted by Crippen LogP contribution is -2.59. The predicted octanol–water partition coefficient (Wildman–Crippen LogP) is 2.31. The van der Waals surface area contributed by atoms with Gasteiger partial charge in [-0.2, -0.15) is 17.9 Å². The van der Waals surface area contributed by atoms with Crippen LogP contribution in [-0.4, -0.2) is 42.6 Å². The first kappa shape index (κ1) is 19.9. The highest BCUT2D eigenvalue weighted by atomic mass is 79.9. The Bertz CT molecular complexity index is 971. The van der Waals surface area contributed by atoms with Gasteiger partial charge in [0.1, 0.15) is 16.8 Å². The van der Waals surface area contributed by atoms with Gasteiger partial charge in [-0.25, -0.2) is 5.01 Å². The number of furan rings is 1. The Hall–Kier alpha value is -2.87. The maximum atomic E-state index is 13.2. The van der Waals surface area contributed by atoms with E-state index in [9.17, 15) is 33.2 Å². The summed E-state index contributed by atoms with van der Waals surface area (Å²) in [6.45, 7) is 3.19. The molecule has 1 amide bonds. The maximum Gasteiger partial charge on any atom is 0.438 e. The molecule has 2 N–H and O–H groups in total. The Kier molecular flexibility index (Phi) is 4.71. The van der Waals surface area contributed by atoms with Gasteiger partial charge < -0.3 is 19.6 Å². The van der Waals surface area contributed by atoms with Crippen molar-refractivity contribution < 1.29 is 32.4 Å². The minimum Gasteiger partial charge on any atom is -0.454 e. The quantitative estimate of drug-likeness (QED) is 0.523. The van der Waals surface area contributed by atoms with Crippen LogP contribution in [0.15, 0.2) is 39.5 Å². The molecule has 1 fully saturated rings. The van der Waals surface area contributed by atoms with E-state index in [1.807, 2.05) is 0 Å². The zero-order valence-electron chi connectivity index (χ0n) is 13.7. The zero-order chi connectivity index (χ0) is 20.9. The molecule has 1 aliphatic rings. The van der Waals surface area contributed by atoms with E-state index >= 15 is 0 Å². The third kappa shape index (κ3) is 3.35. The summed E-state index contributed by atoms with van der Waals surface area (Å²) < 4.78 is 46.1. The van der Waals surface area contributed by atoms with Crippen LogP contribution in [0.4, 0.5) is 19.0 Å². The lowest BCUT2D eigenvalue weighted by molar-refractivity contribution is -0.390. The van der Waals surface area contributed by atoms with Crippen LogP contribution in [0.2, 0.25) is 0 Å². The molecular weight excluding hydrogens is 455 g/mol. The topological polar surface area (TPSA) is 127 Å². The van der Waals surface area contributed by atoms with Crippen molar-refractivity contribution in [1.82, 2.24) is 20.2 Å². The molecule has 2 aromatic heterocycles. The lowest BCUT2D eigenvalue weighted by Gasteiger charge is -2.32. The third-order valence-corrected chi connectivity index (χ3v) is 4.38. The van der Waals surface area contributed by atoms with Crippen LogP contribution in [0.3, 0.4) is 0 Å². The number of nitrogens with zero attached hydrogens (tertiary/aromatic N) is 4. The molecule has 10 nitrogen and oxygen atoms in total. The zero-order valence-corrected chi connectivity index (χ0v) is 15.3. The van der Waals surface area contributed by atoms with Gasteiger partial charge in [0.05, 0.1) is 11.3 Å². The van der Waals surface area contributed by atoms with E-state index in [0.29, 0.717) is 0 Å². The molecule has 14 heteroatoms. The van der Waals surface area contributed by atoms with Crippen LogP contribution in [0.25, 0.3) is 0 Å². The summed E-state index contributed by atoms with van der Waals surface area (Å²) >= 11 is 2.97. The fourth-order valence-corrected chi connectivity index (χ4v) is 3.01. The molecule has 0 radical (unpaired) electrons. The van der Waals surface area contributed by atoms with Crippen LogP contribution in [0.1, 0.15) is 22.7 Å². The normalized spacial score (nSPS) is 19.8. The molecule has 1 aliphatic heterocycles. The van der Waals surface area contributed by atoms with Crippen LogP contribution in [0, 0.1) is 10.1 Å². The molecule has 1 unspecified atom stereocenters. The van der Waals surface area contributed by atoms with Gasteiger partial charge in [-0.1, -0.05) is 6.58 Å². The summed E-state index contributed by atoms with van der Waals surface area (Å²) in [5, 5.41) is 24.5. The fourth-order valence-electron chi connectivity index (χ4n) is 2.55. The van der Waals surface area contributed by atoms with Crippen molar-refractivity contribution in [2.45, 2.75) is 24.9 Å². The number of hydrogen-bond acceptors (Lipinski definition) is 7. The van der Waals surface area contributed by atoms with E-state index in [-0.39, 0.29) is 27.5 Å². The van der Waals surface area contributed by atoms with Crippen LogP contribution in [0.5, 0.6) is 0 Å². The number of aromatic nitrogens is 2. The van der Waals surface area contributed by atoms with Gasteiger partial charge in [0.25, 0.3) is 5.72 Å². The van der Waals surface area contributed by atoms with Gasteiger partial charge in [-0.3, -0.25) is 10.2 Å². The standard InChI is InChI=1S/C14H11BrF3N5O5/c1-7-4-13(25,14(16,17)18)22(19-7)12(24)10-3-2-8(28-10)5-21-6-9(15)11(20-21)23(26)27/h2-3,6,19,25H,1,4-5H2. The molecule has 3 heterocycles. The van der Waals surface area contributed by atoms with Gasteiger partial charge in [-0.05, 0) is 33.0 Å². The first-order valence-corrected chi connectivity index (χ1v) is 8.26. The highest BCUT2D eigenvalue weighted by molar-refractivity contribution is 9.10. The van der Waals surface area contributed by atoms with E-state index < -0.39 is 40.7 Å². The SMILES string of the molecule is C=C1CC(O)(C(F)(F)F)N(C(=O)c2ccc(Cn3cc(Br)c([N+](=O)[O-])n3)o2)N1. The first-order valence-electron chi connectivity index (χ1n) is 7.46. The molecule has 0 spiro atoms. The average molecular weight is 466 g/mol. The minimum absolute atomic E-state index is 0.00723. The lowest BCUT2D eigenvalue weighted by atomic mass is 10.1. The molecular formula is C14H11BrF3N5O5. The molecule has 0 aliphatic carbocycles. The summed E-state index contributed by atoms with van der Waals surface area (Å²) in [5.41, 5.74) is -1.58. The number of nitro groups is 1. The highest BCUT2D eigenvalue weighted by Gasteiger charge is 2.63. The second-order valence-electron chi connectivity index (χ2n) is 5.87. The number of hydrazine groups is 1. The van der Waals surface area contributed by atoms with Crippen molar-refractivity contribution in [3.05, 3.63) is 56.7 Å². The average Bonchev–Trinajstić information content (AvgIpc) is 3.25. The van der Waals surface area contributed by atoms with E-state index in [1.165, 1.54) is 12.3 Å². The van der Waals surface area contributed by atoms with Crippen molar-refractivity contribution in [1.29, 1.82) is 0 Å². The monoisotopic (exact) mass is 465 g/mol.